The monoisotopic (exact) mass is 366 g/mol. The molecule has 0 spiro atoms. The van der Waals surface area contributed by atoms with Gasteiger partial charge < -0.3 is 9.84 Å². The number of rotatable bonds is 3. The molecule has 6 nitrogen and oxygen atoms in total. The van der Waals surface area contributed by atoms with Gasteiger partial charge in [-0.3, -0.25) is 14.2 Å². The molecule has 3 heterocycles. The number of nitrogens with zero attached hydrogens (tertiary/aromatic N) is 2. The molecule has 2 aromatic rings. The predicted molar refractivity (Wildman–Crippen MR) is 92.7 cm³/mol. The Morgan fingerprint density at radius 2 is 2.21 bits per heavy atom. The number of aromatic nitrogens is 2. The molecule has 0 bridgehead atoms. The highest BCUT2D eigenvalue weighted by atomic mass is 32.2. The molecule has 0 saturated carbocycles. The first kappa shape index (κ1) is 16.1. The van der Waals surface area contributed by atoms with Crippen molar-refractivity contribution < 1.29 is 14.6 Å². The molecule has 24 heavy (non-hydrogen) atoms. The summed E-state index contributed by atoms with van der Waals surface area (Å²) in [7, 11) is 0. The molecule has 0 fully saturated rings. The smallest absolute Gasteiger partial charge is 0.310 e. The fourth-order valence-electron chi connectivity index (χ4n) is 3.47. The molecule has 0 aromatic carbocycles. The van der Waals surface area contributed by atoms with Gasteiger partial charge >= 0.3 is 5.97 Å². The van der Waals surface area contributed by atoms with E-state index in [-0.39, 0.29) is 24.3 Å². The van der Waals surface area contributed by atoms with Gasteiger partial charge in [0, 0.05) is 4.88 Å². The van der Waals surface area contributed by atoms with E-state index < -0.39 is 11.7 Å². The zero-order valence-electron chi connectivity index (χ0n) is 13.3. The fourth-order valence-corrected chi connectivity index (χ4v) is 5.91. The maximum Gasteiger partial charge on any atom is 0.310 e. The van der Waals surface area contributed by atoms with Crippen LogP contribution in [0.15, 0.2) is 9.95 Å². The Morgan fingerprint density at radius 3 is 3.00 bits per heavy atom. The number of fused-ring (bicyclic) bond motifs is 4. The third kappa shape index (κ3) is 2.39. The summed E-state index contributed by atoms with van der Waals surface area (Å²) in [6.45, 7) is 1.97. The van der Waals surface area contributed by atoms with Crippen LogP contribution >= 0.6 is 23.1 Å². The van der Waals surface area contributed by atoms with E-state index >= 15 is 0 Å². The Kier molecular flexibility index (Phi) is 3.93. The second kappa shape index (κ2) is 5.86. The summed E-state index contributed by atoms with van der Waals surface area (Å²) in [6.07, 6.45) is 3.85. The molecule has 1 N–H and O–H groups in total. The van der Waals surface area contributed by atoms with Gasteiger partial charge in [0.2, 0.25) is 0 Å². The van der Waals surface area contributed by atoms with E-state index in [4.69, 9.17) is 4.74 Å². The van der Waals surface area contributed by atoms with Crippen LogP contribution in [-0.2, 0) is 28.1 Å². The van der Waals surface area contributed by atoms with Crippen molar-refractivity contribution in [2.75, 3.05) is 12.4 Å². The second-order valence-electron chi connectivity index (χ2n) is 6.18. The van der Waals surface area contributed by atoms with Crippen molar-refractivity contribution in [2.45, 2.75) is 49.9 Å². The summed E-state index contributed by atoms with van der Waals surface area (Å²) in [5.74, 6) is -0.277. The molecule has 1 aliphatic carbocycles. The topological polar surface area (TPSA) is 81.4 Å². The summed E-state index contributed by atoms with van der Waals surface area (Å²) in [5, 5.41) is 12.0. The molecule has 0 saturated heterocycles. The number of thioether (sulfide) groups is 1. The number of aryl methyl sites for hydroxylation is 2. The van der Waals surface area contributed by atoms with Crippen LogP contribution in [0.25, 0.3) is 10.2 Å². The lowest BCUT2D eigenvalue weighted by Crippen LogP contribution is -2.42. The SMILES string of the molecule is CCOC(=O)C[C@@]1(O)CSc2nc3sc4c(c3c(=O)n21)CCCC4. The first-order chi connectivity index (χ1) is 11.5. The number of carbonyl (C=O) groups excluding carboxylic acids is 1. The van der Waals surface area contributed by atoms with Crippen molar-refractivity contribution in [3.05, 3.63) is 20.8 Å². The van der Waals surface area contributed by atoms with Crippen LogP contribution in [-0.4, -0.2) is 33.0 Å². The molecule has 0 amide bonds. The maximum absolute atomic E-state index is 13.1. The zero-order chi connectivity index (χ0) is 16.9. The number of aliphatic hydroxyl groups is 1. The van der Waals surface area contributed by atoms with Gasteiger partial charge in [-0.05, 0) is 38.2 Å². The molecule has 8 heteroatoms. The lowest BCUT2D eigenvalue weighted by molar-refractivity contribution is -0.152. The minimum atomic E-state index is -1.56. The van der Waals surface area contributed by atoms with Gasteiger partial charge in [0.1, 0.15) is 4.83 Å². The molecule has 1 aliphatic heterocycles. The highest BCUT2D eigenvalue weighted by Gasteiger charge is 2.42. The summed E-state index contributed by atoms with van der Waals surface area (Å²) >= 11 is 2.90. The third-order valence-corrected chi connectivity index (χ3v) is 6.86. The summed E-state index contributed by atoms with van der Waals surface area (Å²) in [6, 6.07) is 0. The highest BCUT2D eigenvalue weighted by molar-refractivity contribution is 7.99. The van der Waals surface area contributed by atoms with Crippen molar-refractivity contribution in [1.29, 1.82) is 0 Å². The molecule has 128 valence electrons. The van der Waals surface area contributed by atoms with Crippen LogP contribution in [0.2, 0.25) is 0 Å². The first-order valence-corrected chi connectivity index (χ1v) is 9.92. The number of hydrogen-bond donors (Lipinski definition) is 1. The van der Waals surface area contributed by atoms with E-state index in [1.807, 2.05) is 0 Å². The van der Waals surface area contributed by atoms with E-state index in [9.17, 15) is 14.7 Å². The molecule has 2 aliphatic rings. The summed E-state index contributed by atoms with van der Waals surface area (Å²) in [4.78, 5) is 31.6. The largest absolute Gasteiger partial charge is 0.466 e. The van der Waals surface area contributed by atoms with E-state index in [2.05, 4.69) is 4.98 Å². The van der Waals surface area contributed by atoms with Crippen LogP contribution in [0.5, 0.6) is 0 Å². The lowest BCUT2D eigenvalue weighted by Gasteiger charge is -2.23. The van der Waals surface area contributed by atoms with Gasteiger partial charge in [-0.2, -0.15) is 0 Å². The van der Waals surface area contributed by atoms with Gasteiger partial charge in [-0.25, -0.2) is 4.98 Å². The zero-order valence-corrected chi connectivity index (χ0v) is 15.0. The minimum absolute atomic E-state index is 0.230. The van der Waals surface area contributed by atoms with Gasteiger partial charge in [0.25, 0.3) is 5.56 Å². The quantitative estimate of drug-likeness (QED) is 0.661. The van der Waals surface area contributed by atoms with Crippen molar-refractivity contribution in [3.8, 4) is 0 Å². The number of esters is 1. The third-order valence-electron chi connectivity index (χ3n) is 4.54. The molecule has 1 atom stereocenters. The van der Waals surface area contributed by atoms with Crippen molar-refractivity contribution in [1.82, 2.24) is 9.55 Å². The van der Waals surface area contributed by atoms with Crippen LogP contribution in [0.4, 0.5) is 0 Å². The second-order valence-corrected chi connectivity index (χ2v) is 8.21. The average Bonchev–Trinajstić information content (AvgIpc) is 3.06. The van der Waals surface area contributed by atoms with Crippen LogP contribution in [0.3, 0.4) is 0 Å². The molecular weight excluding hydrogens is 348 g/mol. The van der Waals surface area contributed by atoms with Crippen LogP contribution < -0.4 is 5.56 Å². The fraction of sp³-hybridized carbons (Fsp3) is 0.562. The van der Waals surface area contributed by atoms with Crippen LogP contribution in [0, 0.1) is 0 Å². The Bertz CT molecular complexity index is 888. The van der Waals surface area contributed by atoms with E-state index in [1.54, 1.807) is 18.3 Å². The van der Waals surface area contributed by atoms with Crippen LogP contribution in [0.1, 0.15) is 36.6 Å². The molecule has 0 radical (unpaired) electrons. The number of hydrogen-bond acceptors (Lipinski definition) is 7. The Labute approximate surface area is 146 Å². The van der Waals surface area contributed by atoms with Gasteiger partial charge in [-0.15, -0.1) is 11.3 Å². The van der Waals surface area contributed by atoms with E-state index in [0.717, 1.165) is 36.1 Å². The normalized spacial score (nSPS) is 22.4. The van der Waals surface area contributed by atoms with Gasteiger partial charge in [0.15, 0.2) is 10.9 Å². The average molecular weight is 366 g/mol. The van der Waals surface area contributed by atoms with Crippen molar-refractivity contribution in [2.24, 2.45) is 0 Å². The predicted octanol–water partition coefficient (Wildman–Crippen LogP) is 2.04. The highest BCUT2D eigenvalue weighted by Crippen LogP contribution is 2.40. The molecular formula is C16H18N2O4S2. The first-order valence-electron chi connectivity index (χ1n) is 8.12. The Morgan fingerprint density at radius 1 is 1.42 bits per heavy atom. The number of carbonyl (C=O) groups is 1. The number of thiophene rings is 1. The van der Waals surface area contributed by atoms with E-state index in [0.29, 0.717) is 10.5 Å². The Balaban J connectivity index is 1.86. The lowest BCUT2D eigenvalue weighted by atomic mass is 9.97. The summed E-state index contributed by atoms with van der Waals surface area (Å²) < 4.78 is 6.25. The van der Waals surface area contributed by atoms with Gasteiger partial charge in [-0.1, -0.05) is 11.8 Å². The molecule has 2 aromatic heterocycles. The maximum atomic E-state index is 13.1. The standard InChI is InChI=1S/C16H18N2O4S2/c1-2-22-11(19)7-16(21)8-23-15-17-13-12(14(20)18(15)16)9-5-3-4-6-10(9)24-13/h21H,2-8H2,1H3/t16-/m1/s1. The molecule has 4 rings (SSSR count). The molecule has 0 unspecified atom stereocenters. The van der Waals surface area contributed by atoms with Crippen molar-refractivity contribution >= 4 is 39.3 Å². The minimum Gasteiger partial charge on any atom is -0.466 e. The van der Waals surface area contributed by atoms with E-state index in [1.165, 1.54) is 21.2 Å². The van der Waals surface area contributed by atoms with Gasteiger partial charge in [0.05, 0.1) is 24.2 Å². The summed E-state index contributed by atoms with van der Waals surface area (Å²) in [5.41, 5.74) is -0.704. The van der Waals surface area contributed by atoms with Crippen molar-refractivity contribution in [3.63, 3.8) is 0 Å². The Hall–Kier alpha value is -1.38. The number of ether oxygens (including phenoxy) is 1.